The Bertz CT molecular complexity index is 774. The van der Waals surface area contributed by atoms with Crippen LogP contribution in [-0.4, -0.2) is 29.1 Å². The number of carboxylic acids is 1. The molecule has 1 unspecified atom stereocenters. The van der Waals surface area contributed by atoms with Crippen molar-refractivity contribution in [2.45, 2.75) is 31.8 Å². The SMILES string of the molecule is CC(C)(Oc1ccc(F)cc1)C(=O)NCC(C)(C(=O)O)c1ccccc1. The third kappa shape index (κ3) is 4.39. The summed E-state index contributed by atoms with van der Waals surface area (Å²) in [6.07, 6.45) is 0. The molecule has 0 aromatic heterocycles. The van der Waals surface area contributed by atoms with Crippen molar-refractivity contribution < 1.29 is 23.8 Å². The van der Waals surface area contributed by atoms with Crippen molar-refractivity contribution >= 4 is 11.9 Å². The minimum atomic E-state index is -1.27. The number of hydrogen-bond donors (Lipinski definition) is 2. The average molecular weight is 359 g/mol. The van der Waals surface area contributed by atoms with E-state index < -0.39 is 28.7 Å². The van der Waals surface area contributed by atoms with Crippen LogP contribution in [-0.2, 0) is 15.0 Å². The van der Waals surface area contributed by atoms with Crippen LogP contribution in [0.3, 0.4) is 0 Å². The van der Waals surface area contributed by atoms with Crippen LogP contribution in [0.25, 0.3) is 0 Å². The van der Waals surface area contributed by atoms with Crippen molar-refractivity contribution in [3.05, 3.63) is 66.0 Å². The highest BCUT2D eigenvalue weighted by Crippen LogP contribution is 2.24. The lowest BCUT2D eigenvalue weighted by Gasteiger charge is -2.29. The van der Waals surface area contributed by atoms with Crippen molar-refractivity contribution in [1.82, 2.24) is 5.32 Å². The molecule has 0 bridgehead atoms. The highest BCUT2D eigenvalue weighted by molar-refractivity contribution is 5.87. The number of carbonyl (C=O) groups excluding carboxylic acids is 1. The van der Waals surface area contributed by atoms with Gasteiger partial charge in [-0.05, 0) is 50.6 Å². The molecule has 2 N–H and O–H groups in total. The Labute approximate surface area is 151 Å². The number of ether oxygens (including phenoxy) is 1. The molecule has 2 aromatic carbocycles. The van der Waals surface area contributed by atoms with E-state index in [0.717, 1.165) is 0 Å². The predicted octanol–water partition coefficient (Wildman–Crippen LogP) is 3.14. The summed E-state index contributed by atoms with van der Waals surface area (Å²) in [7, 11) is 0. The lowest BCUT2D eigenvalue weighted by atomic mass is 9.82. The Hall–Kier alpha value is -2.89. The summed E-state index contributed by atoms with van der Waals surface area (Å²) < 4.78 is 18.6. The zero-order chi connectivity index (χ0) is 19.4. The van der Waals surface area contributed by atoms with Crippen LogP contribution in [0.15, 0.2) is 54.6 Å². The van der Waals surface area contributed by atoms with Crippen LogP contribution >= 0.6 is 0 Å². The van der Waals surface area contributed by atoms with Gasteiger partial charge in [-0.1, -0.05) is 30.3 Å². The number of amides is 1. The maximum absolute atomic E-state index is 13.0. The first-order chi connectivity index (χ1) is 12.1. The van der Waals surface area contributed by atoms with E-state index in [1.165, 1.54) is 24.3 Å². The monoisotopic (exact) mass is 359 g/mol. The average Bonchev–Trinajstić information content (AvgIpc) is 2.61. The lowest BCUT2D eigenvalue weighted by molar-refractivity contribution is -0.143. The molecule has 0 aliphatic rings. The normalized spacial score (nSPS) is 13.5. The van der Waals surface area contributed by atoms with Crippen molar-refractivity contribution in [3.63, 3.8) is 0 Å². The Morgan fingerprint density at radius 3 is 2.15 bits per heavy atom. The van der Waals surface area contributed by atoms with Crippen LogP contribution in [0, 0.1) is 5.82 Å². The number of rotatable bonds is 7. The van der Waals surface area contributed by atoms with Gasteiger partial charge in [0.25, 0.3) is 5.91 Å². The number of aliphatic carboxylic acids is 1. The van der Waals surface area contributed by atoms with Crippen LogP contribution in [0.2, 0.25) is 0 Å². The summed E-state index contributed by atoms with van der Waals surface area (Å²) in [6.45, 7) is 4.58. The van der Waals surface area contributed by atoms with Crippen molar-refractivity contribution in [1.29, 1.82) is 0 Å². The molecule has 2 rings (SSSR count). The first-order valence-electron chi connectivity index (χ1n) is 8.17. The Balaban J connectivity index is 2.09. The predicted molar refractivity (Wildman–Crippen MR) is 95.5 cm³/mol. The van der Waals surface area contributed by atoms with Gasteiger partial charge in [0.15, 0.2) is 5.60 Å². The maximum atomic E-state index is 13.0. The van der Waals surface area contributed by atoms with Gasteiger partial charge in [0, 0.05) is 6.54 Å². The second-order valence-corrected chi connectivity index (χ2v) is 6.75. The van der Waals surface area contributed by atoms with Gasteiger partial charge < -0.3 is 15.2 Å². The molecule has 0 aliphatic heterocycles. The van der Waals surface area contributed by atoms with Crippen molar-refractivity contribution in [3.8, 4) is 5.75 Å². The minimum Gasteiger partial charge on any atom is -0.481 e. The van der Waals surface area contributed by atoms with Gasteiger partial charge in [-0.2, -0.15) is 0 Å². The van der Waals surface area contributed by atoms with Crippen LogP contribution < -0.4 is 10.1 Å². The largest absolute Gasteiger partial charge is 0.481 e. The molecule has 26 heavy (non-hydrogen) atoms. The van der Waals surface area contributed by atoms with Crippen molar-refractivity contribution in [2.24, 2.45) is 0 Å². The molecule has 0 aliphatic carbocycles. The lowest BCUT2D eigenvalue weighted by Crippen LogP contribution is -2.52. The molecule has 1 atom stereocenters. The molecule has 2 aromatic rings. The van der Waals surface area contributed by atoms with Crippen molar-refractivity contribution in [2.75, 3.05) is 6.54 Å². The molecule has 1 amide bonds. The summed E-state index contributed by atoms with van der Waals surface area (Å²) >= 11 is 0. The third-order valence-electron chi connectivity index (χ3n) is 4.22. The number of carbonyl (C=O) groups is 2. The van der Waals surface area contributed by atoms with Gasteiger partial charge >= 0.3 is 5.97 Å². The zero-order valence-corrected chi connectivity index (χ0v) is 15.0. The van der Waals surface area contributed by atoms with E-state index in [1.54, 1.807) is 51.1 Å². The fourth-order valence-corrected chi connectivity index (χ4v) is 2.42. The van der Waals surface area contributed by atoms with Gasteiger partial charge in [-0.15, -0.1) is 0 Å². The van der Waals surface area contributed by atoms with E-state index in [-0.39, 0.29) is 6.54 Å². The standard InChI is InChI=1S/C20H22FNO4/c1-19(2,26-16-11-9-15(21)10-12-16)17(23)22-13-20(3,18(24)25)14-7-5-4-6-8-14/h4-12H,13H2,1-3H3,(H,22,23)(H,24,25). The van der Waals surface area contributed by atoms with E-state index in [4.69, 9.17) is 4.74 Å². The van der Waals surface area contributed by atoms with Crippen LogP contribution in [0.5, 0.6) is 5.75 Å². The molecule has 0 spiro atoms. The summed E-state index contributed by atoms with van der Waals surface area (Å²) in [5.41, 5.74) is -1.94. The Morgan fingerprint density at radius 2 is 1.62 bits per heavy atom. The molecule has 0 saturated heterocycles. The van der Waals surface area contributed by atoms with E-state index >= 15 is 0 Å². The van der Waals surface area contributed by atoms with Gasteiger partial charge in [-0.3, -0.25) is 9.59 Å². The molecular formula is C20H22FNO4. The summed E-state index contributed by atoms with van der Waals surface area (Å²) in [6, 6.07) is 14.0. The van der Waals surface area contributed by atoms with E-state index in [9.17, 15) is 19.1 Å². The van der Waals surface area contributed by atoms with Gasteiger partial charge in [0.1, 0.15) is 17.0 Å². The zero-order valence-electron chi connectivity index (χ0n) is 15.0. The third-order valence-corrected chi connectivity index (χ3v) is 4.22. The fourth-order valence-electron chi connectivity index (χ4n) is 2.42. The van der Waals surface area contributed by atoms with E-state index in [0.29, 0.717) is 11.3 Å². The number of carboxylic acid groups (broad SMARTS) is 1. The number of benzene rings is 2. The Morgan fingerprint density at radius 1 is 1.04 bits per heavy atom. The van der Waals surface area contributed by atoms with E-state index in [1.807, 2.05) is 0 Å². The second-order valence-electron chi connectivity index (χ2n) is 6.75. The molecule has 0 saturated carbocycles. The van der Waals surface area contributed by atoms with Gasteiger partial charge in [-0.25, -0.2) is 4.39 Å². The highest BCUT2D eigenvalue weighted by Gasteiger charge is 2.38. The van der Waals surface area contributed by atoms with Gasteiger partial charge in [0.2, 0.25) is 0 Å². The molecule has 0 radical (unpaired) electrons. The topological polar surface area (TPSA) is 75.6 Å². The quantitative estimate of drug-likeness (QED) is 0.796. The minimum absolute atomic E-state index is 0.0958. The Kier molecular flexibility index (Phi) is 5.65. The maximum Gasteiger partial charge on any atom is 0.315 e. The molecule has 6 heteroatoms. The summed E-state index contributed by atoms with van der Waals surface area (Å²) in [5.74, 6) is -1.57. The van der Waals surface area contributed by atoms with Crippen LogP contribution in [0.1, 0.15) is 26.3 Å². The number of hydrogen-bond acceptors (Lipinski definition) is 3. The number of halogens is 1. The number of nitrogens with one attached hydrogen (secondary N) is 1. The molecule has 0 fully saturated rings. The summed E-state index contributed by atoms with van der Waals surface area (Å²) in [4.78, 5) is 24.3. The molecule has 5 nitrogen and oxygen atoms in total. The molecular weight excluding hydrogens is 337 g/mol. The molecule has 0 heterocycles. The molecule has 138 valence electrons. The summed E-state index contributed by atoms with van der Waals surface area (Å²) in [5, 5.41) is 12.3. The fraction of sp³-hybridized carbons (Fsp3) is 0.300. The smallest absolute Gasteiger partial charge is 0.315 e. The first-order valence-corrected chi connectivity index (χ1v) is 8.17. The highest BCUT2D eigenvalue weighted by atomic mass is 19.1. The first kappa shape index (κ1) is 19.4. The second kappa shape index (κ2) is 7.56. The van der Waals surface area contributed by atoms with Gasteiger partial charge in [0.05, 0.1) is 0 Å². The van der Waals surface area contributed by atoms with E-state index in [2.05, 4.69) is 5.32 Å². The van der Waals surface area contributed by atoms with Crippen LogP contribution in [0.4, 0.5) is 4.39 Å².